The molecule has 0 aliphatic heterocycles. The lowest BCUT2D eigenvalue weighted by Crippen LogP contribution is -2.03. The molecule has 0 spiro atoms. The van der Waals surface area contributed by atoms with E-state index in [0.717, 1.165) is 35.0 Å². The number of hydrogen-bond donors (Lipinski definition) is 2. The second kappa shape index (κ2) is 6.05. The van der Waals surface area contributed by atoms with Crippen molar-refractivity contribution in [3.63, 3.8) is 0 Å². The van der Waals surface area contributed by atoms with Crippen molar-refractivity contribution in [2.45, 2.75) is 25.2 Å². The Morgan fingerprint density at radius 2 is 2.22 bits per heavy atom. The largest absolute Gasteiger partial charge is 0.481 e. The van der Waals surface area contributed by atoms with Gasteiger partial charge in [0.05, 0.1) is 6.42 Å². The number of pyridine rings is 1. The molecule has 3 heterocycles. The summed E-state index contributed by atoms with van der Waals surface area (Å²) in [6.07, 6.45) is 3.58. The quantitative estimate of drug-likeness (QED) is 0.574. The molecule has 5 rings (SSSR count). The average molecular weight is 360 g/mol. The second-order valence-corrected chi connectivity index (χ2v) is 6.75. The first-order valence-electron chi connectivity index (χ1n) is 8.81. The molecule has 7 nitrogen and oxygen atoms in total. The third-order valence-corrected chi connectivity index (χ3v) is 5.08. The molecule has 0 saturated heterocycles. The number of carboxylic acid groups (broad SMARTS) is 1. The lowest BCUT2D eigenvalue weighted by atomic mass is 10.0. The molecule has 0 bridgehead atoms. The van der Waals surface area contributed by atoms with Crippen LogP contribution in [-0.2, 0) is 11.2 Å². The van der Waals surface area contributed by atoms with E-state index < -0.39 is 5.97 Å². The number of aryl methyl sites for hydroxylation is 1. The van der Waals surface area contributed by atoms with Crippen LogP contribution in [0.4, 0.5) is 0 Å². The average Bonchev–Trinajstić information content (AvgIpc) is 3.38. The zero-order chi connectivity index (χ0) is 18.4. The summed E-state index contributed by atoms with van der Waals surface area (Å²) < 4.78 is 5.36. The van der Waals surface area contributed by atoms with E-state index in [-0.39, 0.29) is 12.3 Å². The number of aromatic amines is 1. The van der Waals surface area contributed by atoms with Crippen molar-refractivity contribution >= 4 is 16.9 Å². The monoisotopic (exact) mass is 360 g/mol. The number of nitrogens with zero attached hydrogens (tertiary/aromatic N) is 3. The van der Waals surface area contributed by atoms with E-state index in [9.17, 15) is 4.79 Å². The summed E-state index contributed by atoms with van der Waals surface area (Å²) in [6, 6.07) is 11.5. The van der Waals surface area contributed by atoms with Crippen molar-refractivity contribution in [1.82, 2.24) is 20.1 Å². The van der Waals surface area contributed by atoms with E-state index in [4.69, 9.17) is 9.63 Å². The third-order valence-electron chi connectivity index (χ3n) is 5.08. The fourth-order valence-corrected chi connectivity index (χ4v) is 3.84. The Morgan fingerprint density at radius 3 is 3.04 bits per heavy atom. The molecule has 1 aliphatic rings. The summed E-state index contributed by atoms with van der Waals surface area (Å²) in [4.78, 5) is 23.2. The van der Waals surface area contributed by atoms with Crippen molar-refractivity contribution < 1.29 is 14.4 Å². The molecule has 1 aromatic carbocycles. The number of nitrogens with one attached hydrogen (secondary N) is 1. The van der Waals surface area contributed by atoms with Gasteiger partial charge in [0.1, 0.15) is 5.69 Å². The number of hydrogen-bond acceptors (Lipinski definition) is 5. The lowest BCUT2D eigenvalue weighted by Gasteiger charge is -2.05. The summed E-state index contributed by atoms with van der Waals surface area (Å²) in [5.41, 5.74) is 4.75. The number of H-pyrrole nitrogens is 1. The number of carboxylic acids is 1. The molecule has 134 valence electrons. The van der Waals surface area contributed by atoms with E-state index in [1.165, 1.54) is 5.56 Å². The minimum atomic E-state index is -0.763. The molecule has 27 heavy (non-hydrogen) atoms. The number of fused-ring (bicyclic) bond motifs is 3. The molecule has 1 unspecified atom stereocenters. The van der Waals surface area contributed by atoms with Crippen molar-refractivity contribution in [3.8, 4) is 23.0 Å². The zero-order valence-electron chi connectivity index (χ0n) is 14.3. The van der Waals surface area contributed by atoms with Gasteiger partial charge >= 0.3 is 5.97 Å². The van der Waals surface area contributed by atoms with Crippen LogP contribution in [0.25, 0.3) is 33.9 Å². The Balaban J connectivity index is 1.53. The van der Waals surface area contributed by atoms with Gasteiger partial charge in [0.15, 0.2) is 0 Å². The molecule has 1 aliphatic carbocycles. The van der Waals surface area contributed by atoms with E-state index in [1.54, 1.807) is 6.20 Å². The Hall–Kier alpha value is -3.48. The van der Waals surface area contributed by atoms with E-state index in [2.05, 4.69) is 20.1 Å². The van der Waals surface area contributed by atoms with Crippen LogP contribution in [0, 0.1) is 0 Å². The third kappa shape index (κ3) is 2.68. The van der Waals surface area contributed by atoms with Crippen LogP contribution in [0.15, 0.2) is 47.1 Å². The Labute approximate surface area is 154 Å². The summed E-state index contributed by atoms with van der Waals surface area (Å²) >= 11 is 0. The maximum absolute atomic E-state index is 11.1. The molecule has 2 N–H and O–H groups in total. The van der Waals surface area contributed by atoms with Crippen LogP contribution in [0.5, 0.6) is 0 Å². The molecule has 7 heteroatoms. The molecule has 3 aromatic heterocycles. The molecule has 0 fully saturated rings. The molecular weight excluding hydrogens is 344 g/mol. The number of aliphatic carboxylic acids is 1. The Bertz CT molecular complexity index is 1150. The normalized spacial score (nSPS) is 15.9. The zero-order valence-corrected chi connectivity index (χ0v) is 14.3. The van der Waals surface area contributed by atoms with E-state index >= 15 is 0 Å². The number of carbonyl (C=O) groups is 1. The van der Waals surface area contributed by atoms with Gasteiger partial charge in [0.25, 0.3) is 5.89 Å². The minimum Gasteiger partial charge on any atom is -0.481 e. The maximum Gasteiger partial charge on any atom is 0.304 e. The smallest absolute Gasteiger partial charge is 0.304 e. The predicted octanol–water partition coefficient (Wildman–Crippen LogP) is 3.78. The van der Waals surface area contributed by atoms with Crippen molar-refractivity contribution in [2.75, 3.05) is 0 Å². The Morgan fingerprint density at radius 1 is 1.30 bits per heavy atom. The van der Waals surface area contributed by atoms with Gasteiger partial charge in [-0.2, -0.15) is 4.98 Å². The number of rotatable bonds is 4. The van der Waals surface area contributed by atoms with Gasteiger partial charge in [-0.05, 0) is 48.7 Å². The molecule has 0 amide bonds. The van der Waals surface area contributed by atoms with Crippen LogP contribution in [-0.4, -0.2) is 31.2 Å². The fourth-order valence-electron chi connectivity index (χ4n) is 3.84. The molecule has 1 atom stereocenters. The van der Waals surface area contributed by atoms with Gasteiger partial charge in [-0.1, -0.05) is 11.2 Å². The van der Waals surface area contributed by atoms with Gasteiger partial charge in [-0.15, -0.1) is 0 Å². The highest BCUT2D eigenvalue weighted by Crippen LogP contribution is 2.40. The second-order valence-electron chi connectivity index (χ2n) is 6.75. The minimum absolute atomic E-state index is 0.0503. The van der Waals surface area contributed by atoms with E-state index in [0.29, 0.717) is 17.4 Å². The van der Waals surface area contributed by atoms with Crippen molar-refractivity contribution in [1.29, 1.82) is 0 Å². The summed E-state index contributed by atoms with van der Waals surface area (Å²) in [6.45, 7) is 0. The molecular formula is C20H16N4O3. The van der Waals surface area contributed by atoms with Crippen LogP contribution in [0.2, 0.25) is 0 Å². The van der Waals surface area contributed by atoms with Gasteiger partial charge in [0, 0.05) is 34.3 Å². The van der Waals surface area contributed by atoms with Crippen LogP contribution >= 0.6 is 0 Å². The van der Waals surface area contributed by atoms with Gasteiger partial charge in [-0.25, -0.2) is 0 Å². The van der Waals surface area contributed by atoms with Crippen LogP contribution in [0.3, 0.4) is 0 Å². The SMILES string of the molecule is O=C(O)CC1CCc2c1[nH]c1ccc(-c3noc(-c4ccccn4)n3)cc21. The molecule has 4 aromatic rings. The summed E-state index contributed by atoms with van der Waals surface area (Å²) in [5, 5.41) is 14.3. The molecule has 0 saturated carbocycles. The van der Waals surface area contributed by atoms with Crippen molar-refractivity contribution in [2.24, 2.45) is 0 Å². The highest BCUT2D eigenvalue weighted by atomic mass is 16.5. The van der Waals surface area contributed by atoms with Crippen molar-refractivity contribution in [3.05, 3.63) is 53.9 Å². The first kappa shape index (κ1) is 15.7. The highest BCUT2D eigenvalue weighted by Gasteiger charge is 2.28. The number of benzene rings is 1. The molecule has 0 radical (unpaired) electrons. The number of aromatic nitrogens is 4. The summed E-state index contributed by atoms with van der Waals surface area (Å²) in [5.74, 6) is 0.175. The van der Waals surface area contributed by atoms with E-state index in [1.807, 2.05) is 36.4 Å². The maximum atomic E-state index is 11.1. The topological polar surface area (TPSA) is 105 Å². The fraction of sp³-hybridized carbons (Fsp3) is 0.200. The summed E-state index contributed by atoms with van der Waals surface area (Å²) in [7, 11) is 0. The first-order valence-corrected chi connectivity index (χ1v) is 8.81. The highest BCUT2D eigenvalue weighted by molar-refractivity contribution is 5.89. The van der Waals surface area contributed by atoms with Crippen LogP contribution in [0.1, 0.15) is 30.0 Å². The van der Waals surface area contributed by atoms with Gasteiger partial charge in [-0.3, -0.25) is 9.78 Å². The van der Waals surface area contributed by atoms with Crippen LogP contribution < -0.4 is 0 Å². The van der Waals surface area contributed by atoms with Gasteiger partial charge in [0.2, 0.25) is 5.82 Å². The Kier molecular flexibility index (Phi) is 3.53. The van der Waals surface area contributed by atoms with Gasteiger partial charge < -0.3 is 14.6 Å². The first-order chi connectivity index (χ1) is 13.2. The predicted molar refractivity (Wildman–Crippen MR) is 98.1 cm³/mol. The standard InChI is InChI=1S/C20H16N4O3/c25-17(26)10-11-4-6-13-14-9-12(5-7-15(14)22-18(11)13)19-23-20(27-24-19)16-3-1-2-8-21-16/h1-3,5,7-9,11,22H,4,6,10H2,(H,25,26). The lowest BCUT2D eigenvalue weighted by molar-refractivity contribution is -0.137.